The number of rotatable bonds is 1. The van der Waals surface area contributed by atoms with Crippen LogP contribution in [0.3, 0.4) is 0 Å². The van der Waals surface area contributed by atoms with Crippen LogP contribution in [0.5, 0.6) is 0 Å². The molecule has 5 nitrogen and oxygen atoms in total. The molecular weight excluding hydrogens is 281 g/mol. The summed E-state index contributed by atoms with van der Waals surface area (Å²) in [6.45, 7) is 0.463. The minimum Gasteiger partial charge on any atom is -0.369 e. The van der Waals surface area contributed by atoms with Crippen LogP contribution in [-0.4, -0.2) is 38.0 Å². The lowest BCUT2D eigenvalue weighted by molar-refractivity contribution is 0.408. The fourth-order valence-corrected chi connectivity index (χ4v) is 4.52. The molecule has 0 unspecified atom stereocenters. The van der Waals surface area contributed by atoms with Crippen molar-refractivity contribution in [1.29, 1.82) is 0 Å². The maximum atomic E-state index is 13.4. The van der Waals surface area contributed by atoms with Gasteiger partial charge in [0.15, 0.2) is 15.8 Å². The first kappa shape index (κ1) is 13.4. The van der Waals surface area contributed by atoms with Crippen molar-refractivity contribution >= 4 is 21.5 Å². The number of sulfone groups is 1. The van der Waals surface area contributed by atoms with E-state index in [0.29, 0.717) is 31.0 Å². The Bertz CT molecular complexity index is 658. The molecule has 0 bridgehead atoms. The van der Waals surface area contributed by atoms with Crippen molar-refractivity contribution < 1.29 is 12.8 Å². The summed E-state index contributed by atoms with van der Waals surface area (Å²) in [6, 6.07) is 6.15. The molecule has 108 valence electrons. The van der Waals surface area contributed by atoms with Gasteiger partial charge < -0.3 is 10.6 Å². The minimum absolute atomic E-state index is 0.127. The molecule has 2 aliphatic heterocycles. The smallest absolute Gasteiger partial charge is 0.196 e. The molecule has 1 spiro atoms. The van der Waals surface area contributed by atoms with Crippen molar-refractivity contribution in [2.75, 3.05) is 23.0 Å². The van der Waals surface area contributed by atoms with E-state index >= 15 is 0 Å². The van der Waals surface area contributed by atoms with Gasteiger partial charge in [0, 0.05) is 5.69 Å². The first-order valence-electron chi connectivity index (χ1n) is 6.48. The highest BCUT2D eigenvalue weighted by atomic mass is 32.2. The molecule has 0 atom stereocenters. The number of benzene rings is 1. The third-order valence-electron chi connectivity index (χ3n) is 4.06. The van der Waals surface area contributed by atoms with E-state index in [1.54, 1.807) is 17.0 Å². The van der Waals surface area contributed by atoms with Gasteiger partial charge in [-0.1, -0.05) is 6.07 Å². The molecule has 7 heteroatoms. The molecule has 2 aliphatic rings. The van der Waals surface area contributed by atoms with Gasteiger partial charge in [0.05, 0.1) is 23.6 Å². The van der Waals surface area contributed by atoms with Crippen molar-refractivity contribution in [2.24, 2.45) is 10.7 Å². The highest BCUT2D eigenvalue weighted by molar-refractivity contribution is 7.91. The number of halogens is 1. The van der Waals surface area contributed by atoms with Crippen LogP contribution >= 0.6 is 0 Å². The third kappa shape index (κ3) is 2.15. The van der Waals surface area contributed by atoms with Crippen molar-refractivity contribution in [2.45, 2.75) is 18.4 Å². The number of hydrogen-bond donors (Lipinski definition) is 1. The van der Waals surface area contributed by atoms with E-state index < -0.39 is 15.4 Å². The molecule has 1 saturated heterocycles. The Hall–Kier alpha value is -1.63. The van der Waals surface area contributed by atoms with Gasteiger partial charge in [0.2, 0.25) is 0 Å². The summed E-state index contributed by atoms with van der Waals surface area (Å²) in [5.41, 5.74) is 6.14. The van der Waals surface area contributed by atoms with E-state index in [4.69, 9.17) is 5.73 Å². The second-order valence-electron chi connectivity index (χ2n) is 5.37. The highest BCUT2D eigenvalue weighted by Crippen LogP contribution is 2.37. The van der Waals surface area contributed by atoms with Gasteiger partial charge in [-0.25, -0.2) is 12.8 Å². The third-order valence-corrected chi connectivity index (χ3v) is 5.71. The van der Waals surface area contributed by atoms with E-state index in [2.05, 4.69) is 4.99 Å². The summed E-state index contributed by atoms with van der Waals surface area (Å²) in [5, 5.41) is 0. The summed E-state index contributed by atoms with van der Waals surface area (Å²) in [7, 11) is -2.97. The van der Waals surface area contributed by atoms with Crippen LogP contribution in [0.1, 0.15) is 12.8 Å². The molecule has 0 aliphatic carbocycles. The minimum atomic E-state index is -2.97. The van der Waals surface area contributed by atoms with Crippen LogP contribution in [0.4, 0.5) is 10.1 Å². The van der Waals surface area contributed by atoms with Crippen molar-refractivity contribution in [3.05, 3.63) is 30.1 Å². The summed E-state index contributed by atoms with van der Waals surface area (Å²) in [5.74, 6) is 0.235. The number of nitrogens with two attached hydrogens (primary N) is 1. The zero-order valence-electron chi connectivity index (χ0n) is 10.9. The molecule has 1 aromatic carbocycles. The summed E-state index contributed by atoms with van der Waals surface area (Å²) in [6.07, 6.45) is 0.937. The summed E-state index contributed by atoms with van der Waals surface area (Å²) < 4.78 is 36.7. The molecule has 0 aromatic heterocycles. The zero-order valence-corrected chi connectivity index (χ0v) is 11.7. The first-order valence-corrected chi connectivity index (χ1v) is 8.30. The van der Waals surface area contributed by atoms with Crippen LogP contribution in [0.2, 0.25) is 0 Å². The lowest BCUT2D eigenvalue weighted by Crippen LogP contribution is -2.55. The van der Waals surface area contributed by atoms with Gasteiger partial charge in [-0.15, -0.1) is 0 Å². The monoisotopic (exact) mass is 297 g/mol. The fraction of sp³-hybridized carbons (Fsp3) is 0.462. The van der Waals surface area contributed by atoms with Crippen LogP contribution in [0.15, 0.2) is 29.3 Å². The number of nitrogens with zero attached hydrogens (tertiary/aromatic N) is 2. The predicted octanol–water partition coefficient (Wildman–Crippen LogP) is 0.908. The SMILES string of the molecule is NC1=NCC2(CCS(=O)(=O)CC2)N1c1cccc(F)c1. The van der Waals surface area contributed by atoms with Gasteiger partial charge in [0.25, 0.3) is 0 Å². The Morgan fingerprint density at radius 1 is 1.30 bits per heavy atom. The van der Waals surface area contributed by atoms with Gasteiger partial charge in [-0.3, -0.25) is 4.99 Å². The average Bonchev–Trinajstić information content (AvgIpc) is 2.71. The molecule has 0 saturated carbocycles. The van der Waals surface area contributed by atoms with E-state index in [9.17, 15) is 12.8 Å². The molecule has 2 heterocycles. The molecule has 1 fully saturated rings. The van der Waals surface area contributed by atoms with E-state index in [1.165, 1.54) is 12.1 Å². The second kappa shape index (κ2) is 4.44. The number of guanidine groups is 1. The Morgan fingerprint density at radius 2 is 2.00 bits per heavy atom. The Balaban J connectivity index is 1.97. The molecule has 2 N–H and O–H groups in total. The molecule has 1 aromatic rings. The standard InChI is InChI=1S/C13H16FN3O2S/c14-10-2-1-3-11(8-10)17-12(15)16-9-13(17)4-6-20(18,19)7-5-13/h1-3,8H,4-7,9H2,(H2,15,16). The molecule has 0 amide bonds. The predicted molar refractivity (Wildman–Crippen MR) is 76.0 cm³/mol. The Kier molecular flexibility index (Phi) is 2.97. The van der Waals surface area contributed by atoms with Gasteiger partial charge in [-0.05, 0) is 31.0 Å². The van der Waals surface area contributed by atoms with Crippen molar-refractivity contribution in [3.8, 4) is 0 Å². The maximum absolute atomic E-state index is 13.4. The van der Waals surface area contributed by atoms with Gasteiger partial charge in [0.1, 0.15) is 5.82 Å². The van der Waals surface area contributed by atoms with Crippen LogP contribution in [-0.2, 0) is 9.84 Å². The average molecular weight is 297 g/mol. The van der Waals surface area contributed by atoms with Gasteiger partial charge >= 0.3 is 0 Å². The van der Waals surface area contributed by atoms with E-state index in [1.807, 2.05) is 0 Å². The Morgan fingerprint density at radius 3 is 2.65 bits per heavy atom. The van der Waals surface area contributed by atoms with Gasteiger partial charge in [-0.2, -0.15) is 0 Å². The normalized spacial score (nSPS) is 23.9. The number of aliphatic imine (C=N–C) groups is 1. The fourth-order valence-electron chi connectivity index (χ4n) is 2.93. The largest absolute Gasteiger partial charge is 0.369 e. The lowest BCUT2D eigenvalue weighted by Gasteiger charge is -2.41. The maximum Gasteiger partial charge on any atom is 0.196 e. The molecule has 0 radical (unpaired) electrons. The van der Waals surface area contributed by atoms with Crippen molar-refractivity contribution in [3.63, 3.8) is 0 Å². The molecule has 3 rings (SSSR count). The van der Waals surface area contributed by atoms with Crippen LogP contribution in [0.25, 0.3) is 0 Å². The molecular formula is C13H16FN3O2S. The van der Waals surface area contributed by atoms with E-state index in [0.717, 1.165) is 0 Å². The first-order chi connectivity index (χ1) is 9.42. The topological polar surface area (TPSA) is 75.8 Å². The lowest BCUT2D eigenvalue weighted by atomic mass is 9.90. The summed E-state index contributed by atoms with van der Waals surface area (Å²) >= 11 is 0. The quantitative estimate of drug-likeness (QED) is 0.836. The number of hydrogen-bond acceptors (Lipinski definition) is 5. The second-order valence-corrected chi connectivity index (χ2v) is 7.67. The zero-order chi connectivity index (χ0) is 14.4. The van der Waals surface area contributed by atoms with Crippen LogP contribution in [0, 0.1) is 5.82 Å². The Labute approximate surface area is 117 Å². The van der Waals surface area contributed by atoms with Crippen molar-refractivity contribution in [1.82, 2.24) is 0 Å². The highest BCUT2D eigenvalue weighted by Gasteiger charge is 2.46. The van der Waals surface area contributed by atoms with Crippen LogP contribution < -0.4 is 10.6 Å². The molecule has 20 heavy (non-hydrogen) atoms. The van der Waals surface area contributed by atoms with E-state index in [-0.39, 0.29) is 17.3 Å². The number of anilines is 1. The summed E-state index contributed by atoms with van der Waals surface area (Å²) in [4.78, 5) is 6.05.